The fourth-order valence-electron chi connectivity index (χ4n) is 3.10. The van der Waals surface area contributed by atoms with E-state index >= 15 is 0 Å². The highest BCUT2D eigenvalue weighted by atomic mass is 16.5. The SMILES string of the molecule is CO[C@@]1(c2ccccc2)C(=O)N2[C@@H]1NCC2(C)C. The van der Waals surface area contributed by atoms with Crippen LogP contribution in [0, 0.1) is 0 Å². The number of nitrogens with zero attached hydrogens (tertiary/aromatic N) is 1. The van der Waals surface area contributed by atoms with Gasteiger partial charge < -0.3 is 9.64 Å². The molecule has 0 bridgehead atoms. The van der Waals surface area contributed by atoms with E-state index in [9.17, 15) is 4.79 Å². The molecule has 0 unspecified atom stereocenters. The van der Waals surface area contributed by atoms with Crippen molar-refractivity contribution in [1.82, 2.24) is 10.2 Å². The van der Waals surface area contributed by atoms with Gasteiger partial charge in [-0.25, -0.2) is 0 Å². The number of carbonyl (C=O) groups excluding carboxylic acids is 1. The molecule has 18 heavy (non-hydrogen) atoms. The number of carbonyl (C=O) groups is 1. The average molecular weight is 246 g/mol. The lowest BCUT2D eigenvalue weighted by Gasteiger charge is -2.55. The van der Waals surface area contributed by atoms with E-state index in [-0.39, 0.29) is 17.6 Å². The Morgan fingerprint density at radius 1 is 1.33 bits per heavy atom. The maximum atomic E-state index is 12.6. The molecule has 0 radical (unpaired) electrons. The zero-order valence-electron chi connectivity index (χ0n) is 10.9. The molecule has 2 aliphatic rings. The van der Waals surface area contributed by atoms with Crippen LogP contribution in [0.2, 0.25) is 0 Å². The minimum atomic E-state index is -0.852. The number of benzene rings is 1. The Morgan fingerprint density at radius 2 is 2.00 bits per heavy atom. The topological polar surface area (TPSA) is 41.6 Å². The summed E-state index contributed by atoms with van der Waals surface area (Å²) in [5, 5.41) is 3.40. The summed E-state index contributed by atoms with van der Waals surface area (Å²) in [5.41, 5.74) is -0.0721. The van der Waals surface area contributed by atoms with Gasteiger partial charge in [0.2, 0.25) is 5.60 Å². The third kappa shape index (κ3) is 1.19. The summed E-state index contributed by atoms with van der Waals surface area (Å²) in [5.74, 6) is 0.0520. The van der Waals surface area contributed by atoms with Crippen LogP contribution in [0.15, 0.2) is 30.3 Å². The minimum Gasteiger partial charge on any atom is -0.360 e. The molecule has 1 aromatic rings. The number of methoxy groups -OCH3 is 1. The van der Waals surface area contributed by atoms with Gasteiger partial charge in [0.05, 0.1) is 5.54 Å². The van der Waals surface area contributed by atoms with Crippen LogP contribution in [0.5, 0.6) is 0 Å². The second kappa shape index (κ2) is 3.56. The van der Waals surface area contributed by atoms with Crippen molar-refractivity contribution in [3.8, 4) is 0 Å². The maximum Gasteiger partial charge on any atom is 0.264 e. The molecule has 0 aromatic heterocycles. The predicted molar refractivity (Wildman–Crippen MR) is 67.8 cm³/mol. The fraction of sp³-hybridized carbons (Fsp3) is 0.500. The van der Waals surface area contributed by atoms with Gasteiger partial charge in [0.1, 0.15) is 6.17 Å². The summed E-state index contributed by atoms with van der Waals surface area (Å²) < 4.78 is 5.63. The number of rotatable bonds is 2. The number of hydrogen-bond donors (Lipinski definition) is 1. The molecular weight excluding hydrogens is 228 g/mol. The van der Waals surface area contributed by atoms with Gasteiger partial charge in [0.25, 0.3) is 5.91 Å². The molecule has 1 N–H and O–H groups in total. The molecule has 4 heteroatoms. The standard InChI is InChI=1S/C14H18N2O2/c1-13(2)9-15-11-14(18-3,12(17)16(11)13)10-7-5-4-6-8-10/h4-8,11,15H,9H2,1-3H3/t11-,14+/m0/s1. The van der Waals surface area contributed by atoms with Crippen LogP contribution in [0.3, 0.4) is 0 Å². The number of ether oxygens (including phenoxy) is 1. The van der Waals surface area contributed by atoms with Crippen molar-refractivity contribution in [3.05, 3.63) is 35.9 Å². The summed E-state index contributed by atoms with van der Waals surface area (Å²) in [7, 11) is 1.61. The first kappa shape index (κ1) is 11.7. The molecule has 2 fully saturated rings. The maximum absolute atomic E-state index is 12.6. The molecule has 4 nitrogen and oxygen atoms in total. The second-order valence-corrected chi connectivity index (χ2v) is 5.58. The van der Waals surface area contributed by atoms with Crippen LogP contribution in [0.4, 0.5) is 0 Å². The summed E-state index contributed by atoms with van der Waals surface area (Å²) in [6, 6.07) is 9.72. The molecule has 2 heterocycles. The van der Waals surface area contributed by atoms with E-state index in [2.05, 4.69) is 19.2 Å². The van der Waals surface area contributed by atoms with Crippen LogP contribution >= 0.6 is 0 Å². The van der Waals surface area contributed by atoms with E-state index in [4.69, 9.17) is 4.74 Å². The molecule has 96 valence electrons. The van der Waals surface area contributed by atoms with Gasteiger partial charge in [-0.05, 0) is 19.4 Å². The minimum absolute atomic E-state index is 0.0520. The van der Waals surface area contributed by atoms with Gasteiger partial charge in [-0.1, -0.05) is 30.3 Å². The van der Waals surface area contributed by atoms with Crippen molar-refractivity contribution in [2.24, 2.45) is 0 Å². The normalized spacial score (nSPS) is 33.2. The van der Waals surface area contributed by atoms with E-state index in [1.165, 1.54) is 0 Å². The summed E-state index contributed by atoms with van der Waals surface area (Å²) in [6.45, 7) is 4.94. The van der Waals surface area contributed by atoms with Gasteiger partial charge >= 0.3 is 0 Å². The van der Waals surface area contributed by atoms with Crippen LogP contribution in [0.25, 0.3) is 0 Å². The second-order valence-electron chi connectivity index (χ2n) is 5.58. The van der Waals surface area contributed by atoms with Crippen molar-refractivity contribution < 1.29 is 9.53 Å². The molecule has 1 aromatic carbocycles. The highest BCUT2D eigenvalue weighted by Gasteiger charge is 2.68. The Balaban J connectivity index is 2.04. The molecule has 1 amide bonds. The zero-order chi connectivity index (χ0) is 13.0. The molecule has 0 saturated carbocycles. The van der Waals surface area contributed by atoms with Crippen molar-refractivity contribution >= 4 is 5.91 Å². The first-order valence-electron chi connectivity index (χ1n) is 6.22. The van der Waals surface area contributed by atoms with Crippen molar-refractivity contribution in [1.29, 1.82) is 0 Å². The van der Waals surface area contributed by atoms with Gasteiger partial charge in [-0.2, -0.15) is 0 Å². The van der Waals surface area contributed by atoms with Gasteiger partial charge in [-0.15, -0.1) is 0 Å². The summed E-state index contributed by atoms with van der Waals surface area (Å²) >= 11 is 0. The first-order valence-corrected chi connectivity index (χ1v) is 6.22. The molecule has 0 aliphatic carbocycles. The van der Waals surface area contributed by atoms with Crippen LogP contribution < -0.4 is 5.32 Å². The Kier molecular flexibility index (Phi) is 2.31. The first-order chi connectivity index (χ1) is 8.54. The van der Waals surface area contributed by atoms with Crippen molar-refractivity contribution in [3.63, 3.8) is 0 Å². The Hall–Kier alpha value is -1.39. The van der Waals surface area contributed by atoms with E-state index < -0.39 is 5.60 Å². The Labute approximate surface area is 107 Å². The van der Waals surface area contributed by atoms with E-state index in [1.54, 1.807) is 7.11 Å². The molecule has 2 atom stereocenters. The molecular formula is C14H18N2O2. The van der Waals surface area contributed by atoms with Crippen LogP contribution in [-0.2, 0) is 15.1 Å². The van der Waals surface area contributed by atoms with Gasteiger partial charge in [0, 0.05) is 13.7 Å². The van der Waals surface area contributed by atoms with Crippen LogP contribution in [-0.4, -0.2) is 36.2 Å². The number of β-lactam (4-membered cyclic amide) rings is 1. The van der Waals surface area contributed by atoms with Gasteiger partial charge in [0.15, 0.2) is 0 Å². The molecule has 0 spiro atoms. The quantitative estimate of drug-likeness (QED) is 0.794. The average Bonchev–Trinajstić information content (AvgIpc) is 2.64. The van der Waals surface area contributed by atoms with Gasteiger partial charge in [-0.3, -0.25) is 10.1 Å². The molecule has 3 rings (SSSR count). The van der Waals surface area contributed by atoms with E-state index in [0.717, 1.165) is 12.1 Å². The highest BCUT2D eigenvalue weighted by molar-refractivity contribution is 5.95. The molecule has 2 aliphatic heterocycles. The third-order valence-corrected chi connectivity index (χ3v) is 4.08. The lowest BCUT2D eigenvalue weighted by molar-refractivity contribution is -0.207. The smallest absolute Gasteiger partial charge is 0.264 e. The molecule has 2 saturated heterocycles. The number of fused-ring (bicyclic) bond motifs is 1. The number of nitrogens with one attached hydrogen (secondary N) is 1. The number of hydrogen-bond acceptors (Lipinski definition) is 3. The van der Waals surface area contributed by atoms with Crippen molar-refractivity contribution in [2.75, 3.05) is 13.7 Å². The Morgan fingerprint density at radius 3 is 2.61 bits per heavy atom. The lowest BCUT2D eigenvalue weighted by Crippen LogP contribution is -2.75. The lowest BCUT2D eigenvalue weighted by atomic mass is 9.79. The van der Waals surface area contributed by atoms with E-state index in [1.807, 2.05) is 35.2 Å². The fourth-order valence-corrected chi connectivity index (χ4v) is 3.10. The van der Waals surface area contributed by atoms with E-state index in [0.29, 0.717) is 0 Å². The predicted octanol–water partition coefficient (Wildman–Crippen LogP) is 1.08. The summed E-state index contributed by atoms with van der Waals surface area (Å²) in [4.78, 5) is 14.5. The Bertz CT molecular complexity index is 486. The number of amides is 1. The zero-order valence-corrected chi connectivity index (χ0v) is 10.9. The monoisotopic (exact) mass is 246 g/mol. The van der Waals surface area contributed by atoms with Crippen molar-refractivity contribution in [2.45, 2.75) is 31.2 Å². The largest absolute Gasteiger partial charge is 0.360 e. The third-order valence-electron chi connectivity index (χ3n) is 4.08. The highest BCUT2D eigenvalue weighted by Crippen LogP contribution is 2.47. The van der Waals surface area contributed by atoms with Crippen LogP contribution in [0.1, 0.15) is 19.4 Å². The summed E-state index contributed by atoms with van der Waals surface area (Å²) in [6.07, 6.45) is -0.0626.